The van der Waals surface area contributed by atoms with Crippen LogP contribution in [0.15, 0.2) is 0 Å². The zero-order chi connectivity index (χ0) is 13.8. The number of nitrogens with one attached hydrogen (secondary N) is 1. The molecule has 20 heavy (non-hydrogen) atoms. The fraction of sp³-hybridized carbons (Fsp3) is 0.846. The average Bonchev–Trinajstić information content (AvgIpc) is 2.98. The topological polar surface area (TPSA) is 81.4 Å². The first kappa shape index (κ1) is 17.6. The van der Waals surface area contributed by atoms with Crippen molar-refractivity contribution in [3.8, 4) is 0 Å². The molecule has 0 aromatic heterocycles. The van der Waals surface area contributed by atoms with Gasteiger partial charge in [0.25, 0.3) is 0 Å². The highest BCUT2D eigenvalue weighted by Crippen LogP contribution is 2.47. The standard InChI is InChI=1S/C13H22N2O3S.ClH/c1-18-10(16)7-19-5-4-15-13(17)11-8-2-3-9(6-8)12(11)14;/h8-9,11-12H,2-7,14H2,1H3,(H,15,17);1H. The average molecular weight is 323 g/mol. The Morgan fingerprint density at radius 2 is 2.05 bits per heavy atom. The summed E-state index contributed by atoms with van der Waals surface area (Å²) in [6.45, 7) is 0.584. The molecule has 0 aromatic rings. The van der Waals surface area contributed by atoms with Crippen molar-refractivity contribution in [3.63, 3.8) is 0 Å². The Labute approximate surface area is 130 Å². The lowest BCUT2D eigenvalue weighted by Crippen LogP contribution is -2.45. The van der Waals surface area contributed by atoms with Crippen LogP contribution < -0.4 is 11.1 Å². The molecule has 5 nitrogen and oxygen atoms in total. The molecule has 0 aliphatic heterocycles. The lowest BCUT2D eigenvalue weighted by atomic mass is 9.84. The number of nitrogens with two attached hydrogens (primary N) is 1. The number of halogens is 1. The molecule has 2 fully saturated rings. The van der Waals surface area contributed by atoms with Gasteiger partial charge in [-0.15, -0.1) is 24.2 Å². The summed E-state index contributed by atoms with van der Waals surface area (Å²) in [7, 11) is 1.38. The number of methoxy groups -OCH3 is 1. The number of thioether (sulfide) groups is 1. The molecule has 2 saturated carbocycles. The highest BCUT2D eigenvalue weighted by atomic mass is 35.5. The number of hydrogen-bond acceptors (Lipinski definition) is 5. The quantitative estimate of drug-likeness (QED) is 0.558. The van der Waals surface area contributed by atoms with E-state index in [1.165, 1.54) is 25.3 Å². The third kappa shape index (κ3) is 4.02. The Hall–Kier alpha value is -0.460. The molecule has 116 valence electrons. The molecule has 0 aromatic carbocycles. The molecule has 7 heteroatoms. The van der Waals surface area contributed by atoms with Gasteiger partial charge in [-0.25, -0.2) is 0 Å². The number of hydrogen-bond donors (Lipinski definition) is 2. The van der Waals surface area contributed by atoms with E-state index in [1.807, 2.05) is 0 Å². The van der Waals surface area contributed by atoms with Crippen molar-refractivity contribution in [1.29, 1.82) is 0 Å². The molecule has 0 saturated heterocycles. The summed E-state index contributed by atoms with van der Waals surface area (Å²) in [4.78, 5) is 23.0. The minimum absolute atomic E-state index is 0. The van der Waals surface area contributed by atoms with E-state index >= 15 is 0 Å². The van der Waals surface area contributed by atoms with Crippen molar-refractivity contribution in [2.45, 2.75) is 25.3 Å². The number of esters is 1. The second-order valence-electron chi connectivity index (χ2n) is 5.36. The van der Waals surface area contributed by atoms with Crippen molar-refractivity contribution in [3.05, 3.63) is 0 Å². The highest BCUT2D eigenvalue weighted by Gasteiger charge is 2.48. The van der Waals surface area contributed by atoms with Gasteiger partial charge in [-0.3, -0.25) is 9.59 Å². The molecule has 2 bridgehead atoms. The van der Waals surface area contributed by atoms with Gasteiger partial charge >= 0.3 is 5.97 Å². The fourth-order valence-corrected chi connectivity index (χ4v) is 3.98. The fourth-order valence-electron chi connectivity index (χ4n) is 3.30. The molecule has 1 amide bonds. The van der Waals surface area contributed by atoms with Crippen LogP contribution in [0.4, 0.5) is 0 Å². The van der Waals surface area contributed by atoms with Crippen molar-refractivity contribution >= 4 is 36.0 Å². The highest BCUT2D eigenvalue weighted by molar-refractivity contribution is 7.99. The predicted molar refractivity (Wildman–Crippen MR) is 81.9 cm³/mol. The van der Waals surface area contributed by atoms with Crippen molar-refractivity contribution in [2.24, 2.45) is 23.5 Å². The summed E-state index contributed by atoms with van der Waals surface area (Å²) in [5.74, 6) is 1.96. The van der Waals surface area contributed by atoms with E-state index in [0.29, 0.717) is 24.1 Å². The molecule has 2 rings (SSSR count). The molecule has 4 unspecified atom stereocenters. The van der Waals surface area contributed by atoms with E-state index in [1.54, 1.807) is 0 Å². The minimum Gasteiger partial charge on any atom is -0.468 e. The van der Waals surface area contributed by atoms with Crippen LogP contribution >= 0.6 is 24.2 Å². The first-order valence-electron chi connectivity index (χ1n) is 6.81. The normalized spacial score (nSPS) is 30.7. The van der Waals surface area contributed by atoms with E-state index in [2.05, 4.69) is 10.1 Å². The largest absolute Gasteiger partial charge is 0.468 e. The maximum atomic E-state index is 12.1. The summed E-state index contributed by atoms with van der Waals surface area (Å²) in [6.07, 6.45) is 3.45. The van der Waals surface area contributed by atoms with Gasteiger partial charge < -0.3 is 15.8 Å². The summed E-state index contributed by atoms with van der Waals surface area (Å²) in [5.41, 5.74) is 6.13. The van der Waals surface area contributed by atoms with Crippen molar-refractivity contribution < 1.29 is 14.3 Å². The molecular formula is C13H23ClN2O3S. The number of amides is 1. The summed E-state index contributed by atoms with van der Waals surface area (Å²) < 4.78 is 4.54. The molecule has 3 N–H and O–H groups in total. The van der Waals surface area contributed by atoms with Gasteiger partial charge in [0.05, 0.1) is 18.8 Å². The molecular weight excluding hydrogens is 300 g/mol. The Morgan fingerprint density at radius 3 is 2.65 bits per heavy atom. The van der Waals surface area contributed by atoms with Gasteiger partial charge in [0.2, 0.25) is 5.91 Å². The zero-order valence-electron chi connectivity index (χ0n) is 11.7. The Balaban J connectivity index is 0.00000200. The van der Waals surface area contributed by atoms with Crippen LogP contribution in [-0.2, 0) is 14.3 Å². The van der Waals surface area contributed by atoms with Crippen molar-refractivity contribution in [2.75, 3.05) is 25.2 Å². The predicted octanol–water partition coefficient (Wildman–Crippen LogP) is 0.804. The van der Waals surface area contributed by atoms with Gasteiger partial charge in [-0.1, -0.05) is 0 Å². The third-order valence-electron chi connectivity index (χ3n) is 4.28. The van der Waals surface area contributed by atoms with Crippen LogP contribution in [0.2, 0.25) is 0 Å². The number of carbonyl (C=O) groups is 2. The molecule has 0 spiro atoms. The molecule has 0 radical (unpaired) electrons. The van der Waals surface area contributed by atoms with Gasteiger partial charge in [-0.2, -0.15) is 0 Å². The smallest absolute Gasteiger partial charge is 0.315 e. The van der Waals surface area contributed by atoms with E-state index in [4.69, 9.17) is 5.73 Å². The SMILES string of the molecule is COC(=O)CSCCNC(=O)C1C2CCC(C2)C1N.Cl. The summed E-state index contributed by atoms with van der Waals surface area (Å²) >= 11 is 1.47. The second-order valence-corrected chi connectivity index (χ2v) is 6.46. The second kappa shape index (κ2) is 8.10. The third-order valence-corrected chi connectivity index (χ3v) is 5.21. The summed E-state index contributed by atoms with van der Waals surface area (Å²) in [6, 6.07) is 0.0430. The number of rotatable bonds is 6. The van der Waals surface area contributed by atoms with Gasteiger partial charge in [0.1, 0.15) is 0 Å². The van der Waals surface area contributed by atoms with Crippen LogP contribution in [0.1, 0.15) is 19.3 Å². The number of fused-ring (bicyclic) bond motifs is 2. The van der Waals surface area contributed by atoms with Crippen LogP contribution in [0.5, 0.6) is 0 Å². The van der Waals surface area contributed by atoms with Gasteiger partial charge in [0, 0.05) is 18.3 Å². The van der Waals surface area contributed by atoms with Crippen LogP contribution in [0.25, 0.3) is 0 Å². The Morgan fingerprint density at radius 1 is 1.35 bits per heavy atom. The first-order valence-corrected chi connectivity index (χ1v) is 7.96. The lowest BCUT2D eigenvalue weighted by Gasteiger charge is -2.26. The van der Waals surface area contributed by atoms with Gasteiger partial charge in [-0.05, 0) is 31.1 Å². The summed E-state index contributed by atoms with van der Waals surface area (Å²) in [5, 5.41) is 2.94. The van der Waals surface area contributed by atoms with Gasteiger partial charge in [0.15, 0.2) is 0 Å². The van der Waals surface area contributed by atoms with E-state index < -0.39 is 0 Å². The zero-order valence-corrected chi connectivity index (χ0v) is 13.3. The van der Waals surface area contributed by atoms with Crippen molar-refractivity contribution in [1.82, 2.24) is 5.32 Å². The monoisotopic (exact) mass is 322 g/mol. The molecule has 4 atom stereocenters. The molecule has 2 aliphatic carbocycles. The number of carbonyl (C=O) groups excluding carboxylic acids is 2. The molecule has 0 heterocycles. The maximum Gasteiger partial charge on any atom is 0.315 e. The van der Waals surface area contributed by atoms with E-state index in [9.17, 15) is 9.59 Å². The van der Waals surface area contributed by atoms with E-state index in [-0.39, 0.29) is 36.2 Å². The minimum atomic E-state index is -0.230. The van der Waals surface area contributed by atoms with Crippen LogP contribution in [0.3, 0.4) is 0 Å². The van der Waals surface area contributed by atoms with E-state index in [0.717, 1.165) is 18.6 Å². The van der Waals surface area contributed by atoms with Crippen LogP contribution in [0, 0.1) is 17.8 Å². The Bertz CT molecular complexity index is 355. The molecule has 2 aliphatic rings. The number of ether oxygens (including phenoxy) is 1. The van der Waals surface area contributed by atoms with Crippen LogP contribution in [-0.4, -0.2) is 43.1 Å². The Kier molecular flexibility index (Phi) is 7.12. The first-order chi connectivity index (χ1) is 9.13. The maximum absolute atomic E-state index is 12.1. The lowest BCUT2D eigenvalue weighted by molar-refractivity contribution is -0.137.